The Hall–Kier alpha value is -4.44. The third kappa shape index (κ3) is 5.07. The van der Waals surface area contributed by atoms with Crippen LogP contribution < -0.4 is 14.8 Å². The molecule has 3 aromatic carbocycles. The SMILES string of the molecule is COc1cc(C(=O)O)cc(OC)c1C#CCCNC(=O)OCC1c2ccccc2-c2ccccc21. The summed E-state index contributed by atoms with van der Waals surface area (Å²) < 4.78 is 16.1. The topological polar surface area (TPSA) is 94.1 Å². The van der Waals surface area contributed by atoms with E-state index in [-0.39, 0.29) is 18.1 Å². The second-order valence-corrected chi connectivity index (χ2v) is 7.87. The number of aromatic carboxylic acids is 1. The molecule has 0 spiro atoms. The minimum Gasteiger partial charge on any atom is -0.495 e. The molecule has 0 fully saturated rings. The van der Waals surface area contributed by atoms with E-state index in [0.29, 0.717) is 30.0 Å². The molecule has 1 aliphatic rings. The quantitative estimate of drug-likeness (QED) is 0.384. The van der Waals surface area contributed by atoms with Crippen LogP contribution >= 0.6 is 0 Å². The van der Waals surface area contributed by atoms with Crippen molar-refractivity contribution in [2.75, 3.05) is 27.4 Å². The first-order chi connectivity index (χ1) is 17.0. The lowest BCUT2D eigenvalue weighted by Gasteiger charge is -2.14. The number of nitrogens with one attached hydrogen (secondary N) is 1. The lowest BCUT2D eigenvalue weighted by molar-refractivity contribution is 0.0696. The van der Waals surface area contributed by atoms with Crippen LogP contribution in [0.3, 0.4) is 0 Å². The van der Waals surface area contributed by atoms with Crippen LogP contribution in [0.4, 0.5) is 4.79 Å². The Morgan fingerprint density at radius 1 is 0.943 bits per heavy atom. The molecule has 4 rings (SSSR count). The molecular formula is C28H25NO6. The number of carboxylic acids is 1. The van der Waals surface area contributed by atoms with Crippen LogP contribution in [-0.4, -0.2) is 44.5 Å². The zero-order chi connectivity index (χ0) is 24.8. The van der Waals surface area contributed by atoms with Gasteiger partial charge in [-0.1, -0.05) is 60.4 Å². The van der Waals surface area contributed by atoms with Gasteiger partial charge >= 0.3 is 12.1 Å². The molecule has 3 aromatic rings. The predicted molar refractivity (Wildman–Crippen MR) is 131 cm³/mol. The van der Waals surface area contributed by atoms with Crippen LogP contribution in [0.25, 0.3) is 11.1 Å². The third-order valence-electron chi connectivity index (χ3n) is 5.83. The molecule has 0 unspecified atom stereocenters. The van der Waals surface area contributed by atoms with Gasteiger partial charge in [-0.3, -0.25) is 0 Å². The number of fused-ring (bicyclic) bond motifs is 3. The number of carbonyl (C=O) groups excluding carboxylic acids is 1. The maximum Gasteiger partial charge on any atom is 0.407 e. The number of hydrogen-bond donors (Lipinski definition) is 2. The molecule has 0 atom stereocenters. The van der Waals surface area contributed by atoms with Gasteiger partial charge in [-0.05, 0) is 34.4 Å². The maximum atomic E-state index is 12.3. The molecule has 0 bridgehead atoms. The molecule has 0 saturated carbocycles. The number of benzene rings is 3. The van der Waals surface area contributed by atoms with Gasteiger partial charge in [0.25, 0.3) is 0 Å². The van der Waals surface area contributed by atoms with E-state index in [9.17, 15) is 14.7 Å². The van der Waals surface area contributed by atoms with Crippen molar-refractivity contribution in [3.05, 3.63) is 82.9 Å². The minimum absolute atomic E-state index is 0.00152. The highest BCUT2D eigenvalue weighted by Gasteiger charge is 2.28. The number of carboxylic acid groups (broad SMARTS) is 1. The van der Waals surface area contributed by atoms with E-state index in [2.05, 4.69) is 41.4 Å². The zero-order valence-electron chi connectivity index (χ0n) is 19.5. The summed E-state index contributed by atoms with van der Waals surface area (Å²) in [6, 6.07) is 19.1. The minimum atomic E-state index is -1.09. The summed E-state index contributed by atoms with van der Waals surface area (Å²) in [5.74, 6) is 5.41. The Labute approximate surface area is 203 Å². The number of rotatable bonds is 7. The van der Waals surface area contributed by atoms with Gasteiger partial charge in [0.1, 0.15) is 23.7 Å². The van der Waals surface area contributed by atoms with Crippen LogP contribution in [0, 0.1) is 11.8 Å². The molecule has 178 valence electrons. The molecule has 0 radical (unpaired) electrons. The summed E-state index contributed by atoms with van der Waals surface area (Å²) in [6.07, 6.45) is -0.147. The fourth-order valence-electron chi connectivity index (χ4n) is 4.19. The van der Waals surface area contributed by atoms with Gasteiger partial charge in [0.2, 0.25) is 0 Å². The molecule has 0 saturated heterocycles. The second kappa shape index (κ2) is 10.7. The molecule has 1 amide bonds. The van der Waals surface area contributed by atoms with Crippen molar-refractivity contribution in [2.45, 2.75) is 12.3 Å². The number of hydrogen-bond acceptors (Lipinski definition) is 5. The van der Waals surface area contributed by atoms with Crippen molar-refractivity contribution in [3.8, 4) is 34.5 Å². The molecule has 0 heterocycles. The van der Waals surface area contributed by atoms with E-state index < -0.39 is 12.1 Å². The van der Waals surface area contributed by atoms with Gasteiger partial charge in [-0.15, -0.1) is 0 Å². The van der Waals surface area contributed by atoms with E-state index >= 15 is 0 Å². The molecular weight excluding hydrogens is 446 g/mol. The second-order valence-electron chi connectivity index (χ2n) is 7.87. The van der Waals surface area contributed by atoms with E-state index in [1.54, 1.807) is 0 Å². The number of amides is 1. The smallest absolute Gasteiger partial charge is 0.407 e. The Morgan fingerprint density at radius 3 is 2.06 bits per heavy atom. The fraction of sp³-hybridized carbons (Fsp3) is 0.214. The van der Waals surface area contributed by atoms with Crippen molar-refractivity contribution < 1.29 is 28.9 Å². The first-order valence-electron chi connectivity index (χ1n) is 11.1. The molecule has 0 aliphatic heterocycles. The third-order valence-corrected chi connectivity index (χ3v) is 5.83. The maximum absolute atomic E-state index is 12.3. The Morgan fingerprint density at radius 2 is 1.51 bits per heavy atom. The first kappa shape index (κ1) is 23.7. The van der Waals surface area contributed by atoms with E-state index in [0.717, 1.165) is 11.1 Å². The summed E-state index contributed by atoms with van der Waals surface area (Å²) in [4.78, 5) is 23.6. The lowest BCUT2D eigenvalue weighted by atomic mass is 9.98. The van der Waals surface area contributed by atoms with Crippen LogP contribution in [0.5, 0.6) is 11.5 Å². The van der Waals surface area contributed by atoms with Gasteiger partial charge in [-0.2, -0.15) is 0 Å². The average molecular weight is 472 g/mol. The van der Waals surface area contributed by atoms with E-state index in [1.807, 2.05) is 24.3 Å². The Balaban J connectivity index is 1.33. The van der Waals surface area contributed by atoms with Gasteiger partial charge in [0.15, 0.2) is 0 Å². The number of methoxy groups -OCH3 is 2. The standard InChI is InChI=1S/C28H25NO6/c1-33-25-15-18(27(30)31)16-26(34-2)23(25)13-7-8-14-29-28(32)35-17-24-21-11-5-3-9-19(21)20-10-4-6-12-22(20)24/h3-6,9-12,15-16,24H,8,14,17H2,1-2H3,(H,29,32)(H,30,31). The van der Waals surface area contributed by atoms with Crippen molar-refractivity contribution in [3.63, 3.8) is 0 Å². The molecule has 7 nitrogen and oxygen atoms in total. The molecule has 35 heavy (non-hydrogen) atoms. The van der Waals surface area contributed by atoms with Crippen molar-refractivity contribution in [2.24, 2.45) is 0 Å². The zero-order valence-corrected chi connectivity index (χ0v) is 19.5. The molecule has 1 aliphatic carbocycles. The van der Waals surface area contributed by atoms with Gasteiger partial charge < -0.3 is 24.6 Å². The number of alkyl carbamates (subject to hydrolysis) is 1. The predicted octanol–water partition coefficient (Wildman–Crippen LogP) is 4.68. The van der Waals surface area contributed by atoms with E-state index in [4.69, 9.17) is 14.2 Å². The van der Waals surface area contributed by atoms with Gasteiger partial charge in [0.05, 0.1) is 19.8 Å². The van der Waals surface area contributed by atoms with Crippen LogP contribution in [0.2, 0.25) is 0 Å². The van der Waals surface area contributed by atoms with Crippen molar-refractivity contribution in [1.82, 2.24) is 5.32 Å². The Bertz CT molecular complexity index is 1250. The fourth-order valence-corrected chi connectivity index (χ4v) is 4.19. The summed E-state index contributed by atoms with van der Waals surface area (Å²) in [5, 5.41) is 11.9. The highest BCUT2D eigenvalue weighted by atomic mass is 16.5. The van der Waals surface area contributed by atoms with Crippen LogP contribution in [0.15, 0.2) is 60.7 Å². The molecule has 7 heteroatoms. The number of ether oxygens (including phenoxy) is 3. The van der Waals surface area contributed by atoms with Crippen molar-refractivity contribution >= 4 is 12.1 Å². The summed E-state index contributed by atoms with van der Waals surface area (Å²) in [5.41, 5.74) is 5.15. The lowest BCUT2D eigenvalue weighted by Crippen LogP contribution is -2.26. The molecule has 0 aromatic heterocycles. The Kier molecular flexibility index (Phi) is 7.22. The summed E-state index contributed by atoms with van der Waals surface area (Å²) in [6.45, 7) is 0.539. The molecule has 2 N–H and O–H groups in total. The summed E-state index contributed by atoms with van der Waals surface area (Å²) in [7, 11) is 2.87. The van der Waals surface area contributed by atoms with Crippen LogP contribution in [0.1, 0.15) is 39.4 Å². The van der Waals surface area contributed by atoms with Gasteiger partial charge in [0, 0.05) is 18.9 Å². The highest BCUT2D eigenvalue weighted by molar-refractivity contribution is 5.89. The van der Waals surface area contributed by atoms with E-state index in [1.165, 1.54) is 37.5 Å². The van der Waals surface area contributed by atoms with Crippen LogP contribution in [-0.2, 0) is 4.74 Å². The average Bonchev–Trinajstić information content (AvgIpc) is 3.20. The largest absolute Gasteiger partial charge is 0.495 e. The van der Waals surface area contributed by atoms with Crippen molar-refractivity contribution in [1.29, 1.82) is 0 Å². The highest BCUT2D eigenvalue weighted by Crippen LogP contribution is 2.44. The first-order valence-corrected chi connectivity index (χ1v) is 11.1. The monoisotopic (exact) mass is 471 g/mol. The normalized spacial score (nSPS) is 11.5. The summed E-state index contributed by atoms with van der Waals surface area (Å²) >= 11 is 0. The van der Waals surface area contributed by atoms with Gasteiger partial charge in [-0.25, -0.2) is 9.59 Å². The number of carbonyl (C=O) groups is 2.